The summed E-state index contributed by atoms with van der Waals surface area (Å²) in [5, 5.41) is 4.78. The predicted molar refractivity (Wildman–Crippen MR) is 112 cm³/mol. The third kappa shape index (κ3) is 4.98. The van der Waals surface area contributed by atoms with E-state index in [1.165, 1.54) is 25.5 Å². The summed E-state index contributed by atoms with van der Waals surface area (Å²) in [5.74, 6) is -0.165. The number of carbonyl (C=O) groups is 2. The van der Waals surface area contributed by atoms with Crippen LogP contribution in [0, 0.1) is 0 Å². The van der Waals surface area contributed by atoms with E-state index in [9.17, 15) is 9.59 Å². The molecule has 0 saturated heterocycles. The smallest absolute Gasteiger partial charge is 0.339 e. The highest BCUT2D eigenvalue weighted by molar-refractivity contribution is 6.36. The molecule has 3 rings (SSSR count). The van der Waals surface area contributed by atoms with Crippen LogP contribution < -0.4 is 5.43 Å². The molecule has 0 aliphatic rings. The monoisotopic (exact) mass is 450 g/mol. The van der Waals surface area contributed by atoms with E-state index in [-0.39, 0.29) is 21.2 Å². The Balaban J connectivity index is 1.72. The second-order valence-corrected chi connectivity index (χ2v) is 6.96. The van der Waals surface area contributed by atoms with Crippen molar-refractivity contribution < 1.29 is 18.7 Å². The maximum Gasteiger partial charge on any atom is 0.339 e. The second kappa shape index (κ2) is 9.13. The van der Waals surface area contributed by atoms with E-state index in [2.05, 4.69) is 10.5 Å². The number of hydrazone groups is 1. The molecule has 1 N–H and O–H groups in total. The van der Waals surface area contributed by atoms with Gasteiger partial charge in [-0.05, 0) is 48.5 Å². The van der Waals surface area contributed by atoms with Crippen molar-refractivity contribution in [1.82, 2.24) is 5.43 Å². The van der Waals surface area contributed by atoms with Gasteiger partial charge in [0.05, 0.1) is 34.5 Å². The molecule has 0 atom stereocenters. The lowest BCUT2D eigenvalue weighted by Gasteiger charge is -2.04. The van der Waals surface area contributed by atoms with Gasteiger partial charge in [0, 0.05) is 10.6 Å². The molecule has 0 aliphatic heterocycles. The molecule has 29 heavy (non-hydrogen) atoms. The van der Waals surface area contributed by atoms with Crippen LogP contribution in [-0.4, -0.2) is 25.2 Å². The van der Waals surface area contributed by atoms with Gasteiger partial charge in [0.15, 0.2) is 0 Å². The number of nitrogens with one attached hydrogen (secondary N) is 1. The molecule has 0 radical (unpaired) electrons. The maximum atomic E-state index is 12.1. The quantitative estimate of drug-likeness (QED) is 0.317. The molecule has 1 aromatic heterocycles. The van der Waals surface area contributed by atoms with Gasteiger partial charge in [-0.15, -0.1) is 0 Å². The largest absolute Gasteiger partial charge is 0.465 e. The lowest BCUT2D eigenvalue weighted by Crippen LogP contribution is -2.17. The molecule has 0 saturated carbocycles. The molecule has 2 aromatic carbocycles. The van der Waals surface area contributed by atoms with Crippen molar-refractivity contribution in [3.05, 3.63) is 80.5 Å². The van der Waals surface area contributed by atoms with Crippen molar-refractivity contribution in [2.75, 3.05) is 7.11 Å². The van der Waals surface area contributed by atoms with Crippen LogP contribution in [0.3, 0.4) is 0 Å². The molecule has 1 amide bonds. The van der Waals surface area contributed by atoms with Gasteiger partial charge in [-0.25, -0.2) is 10.2 Å². The van der Waals surface area contributed by atoms with Gasteiger partial charge in [-0.2, -0.15) is 5.10 Å². The fraction of sp³-hybridized carbons (Fsp3) is 0.0500. The van der Waals surface area contributed by atoms with Crippen LogP contribution in [0.25, 0.3) is 11.3 Å². The van der Waals surface area contributed by atoms with E-state index in [4.69, 9.17) is 44.0 Å². The van der Waals surface area contributed by atoms with Crippen molar-refractivity contribution in [2.24, 2.45) is 5.10 Å². The van der Waals surface area contributed by atoms with Crippen LogP contribution >= 0.6 is 34.8 Å². The van der Waals surface area contributed by atoms with Crippen LogP contribution in [0.4, 0.5) is 0 Å². The molecule has 0 unspecified atom stereocenters. The zero-order chi connectivity index (χ0) is 21.0. The first kappa shape index (κ1) is 20.9. The molecule has 0 aliphatic carbocycles. The number of hydrogen-bond acceptors (Lipinski definition) is 5. The number of nitrogens with zero attached hydrogens (tertiary/aromatic N) is 1. The van der Waals surface area contributed by atoms with Crippen molar-refractivity contribution in [3.63, 3.8) is 0 Å². The van der Waals surface area contributed by atoms with Gasteiger partial charge in [0.2, 0.25) is 0 Å². The molecule has 0 spiro atoms. The molecule has 0 fully saturated rings. The summed E-state index contributed by atoms with van der Waals surface area (Å²) in [6.45, 7) is 0. The van der Waals surface area contributed by atoms with Gasteiger partial charge in [0.1, 0.15) is 11.5 Å². The molecule has 1 heterocycles. The first-order valence-electron chi connectivity index (χ1n) is 8.15. The van der Waals surface area contributed by atoms with E-state index in [0.29, 0.717) is 22.1 Å². The minimum absolute atomic E-state index is 0.217. The highest BCUT2D eigenvalue weighted by atomic mass is 35.5. The van der Waals surface area contributed by atoms with Crippen molar-refractivity contribution in [3.8, 4) is 11.3 Å². The van der Waals surface area contributed by atoms with Crippen LogP contribution in [0.2, 0.25) is 15.1 Å². The number of hydrogen-bond donors (Lipinski definition) is 1. The average molecular weight is 452 g/mol. The minimum Gasteiger partial charge on any atom is -0.465 e. The highest BCUT2D eigenvalue weighted by Crippen LogP contribution is 2.27. The highest BCUT2D eigenvalue weighted by Gasteiger charge is 2.14. The normalized spacial score (nSPS) is 10.9. The number of amides is 1. The maximum absolute atomic E-state index is 12.1. The van der Waals surface area contributed by atoms with Crippen molar-refractivity contribution >= 4 is 52.9 Å². The topological polar surface area (TPSA) is 80.9 Å². The summed E-state index contributed by atoms with van der Waals surface area (Å²) in [5.41, 5.74) is 3.46. The zero-order valence-electron chi connectivity index (χ0n) is 14.9. The molecular formula is C20H13Cl3N2O4. The first-order valence-corrected chi connectivity index (χ1v) is 9.29. The molecule has 0 bridgehead atoms. The Labute approximate surface area is 181 Å². The average Bonchev–Trinajstić information content (AvgIpc) is 3.16. The van der Waals surface area contributed by atoms with Crippen LogP contribution in [0.1, 0.15) is 26.5 Å². The van der Waals surface area contributed by atoms with Gasteiger partial charge >= 0.3 is 5.97 Å². The van der Waals surface area contributed by atoms with Gasteiger partial charge < -0.3 is 9.15 Å². The lowest BCUT2D eigenvalue weighted by molar-refractivity contribution is 0.0601. The summed E-state index contributed by atoms with van der Waals surface area (Å²) < 4.78 is 10.4. The van der Waals surface area contributed by atoms with E-state index in [0.717, 1.165) is 0 Å². The summed E-state index contributed by atoms with van der Waals surface area (Å²) in [6, 6.07) is 12.7. The molecule has 6 nitrogen and oxygen atoms in total. The Kier molecular flexibility index (Phi) is 6.59. The van der Waals surface area contributed by atoms with Gasteiger partial charge in [-0.3, -0.25) is 4.79 Å². The number of carbonyl (C=O) groups excluding carboxylic acids is 2. The summed E-state index contributed by atoms with van der Waals surface area (Å²) in [4.78, 5) is 23.9. The molecule has 9 heteroatoms. The number of benzene rings is 2. The fourth-order valence-corrected chi connectivity index (χ4v) is 3.10. The molecular weight excluding hydrogens is 439 g/mol. The minimum atomic E-state index is -0.547. The lowest BCUT2D eigenvalue weighted by atomic mass is 10.1. The third-order valence-corrected chi connectivity index (χ3v) is 4.69. The van der Waals surface area contributed by atoms with Crippen molar-refractivity contribution in [2.45, 2.75) is 0 Å². The molecule has 148 valence electrons. The second-order valence-electron chi connectivity index (χ2n) is 5.71. The zero-order valence-corrected chi connectivity index (χ0v) is 17.2. The Morgan fingerprint density at radius 1 is 1.00 bits per heavy atom. The van der Waals surface area contributed by atoms with E-state index < -0.39 is 11.9 Å². The Bertz CT molecular complexity index is 1110. The number of furan rings is 1. The number of rotatable bonds is 5. The predicted octanol–water partition coefficient (Wildman–Crippen LogP) is 5.46. The fourth-order valence-electron chi connectivity index (χ4n) is 2.41. The summed E-state index contributed by atoms with van der Waals surface area (Å²) in [7, 11) is 1.28. The van der Waals surface area contributed by atoms with E-state index >= 15 is 0 Å². The van der Waals surface area contributed by atoms with Crippen LogP contribution in [0.5, 0.6) is 0 Å². The van der Waals surface area contributed by atoms with Crippen LogP contribution in [-0.2, 0) is 4.74 Å². The van der Waals surface area contributed by atoms with Gasteiger partial charge in [0.25, 0.3) is 5.91 Å². The summed E-state index contributed by atoms with van der Waals surface area (Å²) in [6.07, 6.45) is 1.34. The number of ether oxygens (including phenoxy) is 1. The van der Waals surface area contributed by atoms with Crippen molar-refractivity contribution in [1.29, 1.82) is 0 Å². The standard InChI is InChI=1S/C20H13Cl3N2O4/c1-28-20(27)15-8-11(2-6-16(15)22)18-7-4-13(29-18)10-24-25-19(26)14-5-3-12(21)9-17(14)23/h2-10H,1H3,(H,25,26)/b24-10+. The van der Waals surface area contributed by atoms with Gasteiger partial charge in [-0.1, -0.05) is 34.8 Å². The van der Waals surface area contributed by atoms with E-state index in [1.807, 2.05) is 0 Å². The Morgan fingerprint density at radius 3 is 2.52 bits per heavy atom. The van der Waals surface area contributed by atoms with Crippen LogP contribution in [0.15, 0.2) is 58.0 Å². The Morgan fingerprint density at radius 2 is 1.79 bits per heavy atom. The summed E-state index contributed by atoms with van der Waals surface area (Å²) >= 11 is 17.8. The number of halogens is 3. The number of methoxy groups -OCH3 is 1. The third-order valence-electron chi connectivity index (χ3n) is 3.82. The number of esters is 1. The SMILES string of the molecule is COC(=O)c1cc(-c2ccc(/C=N/NC(=O)c3ccc(Cl)cc3Cl)o2)ccc1Cl. The van der Waals surface area contributed by atoms with E-state index in [1.54, 1.807) is 36.4 Å². The Hall–Kier alpha value is -2.80. The first-order chi connectivity index (χ1) is 13.9. The molecule has 3 aromatic rings.